The van der Waals surface area contributed by atoms with Crippen molar-refractivity contribution in [3.05, 3.63) is 28.9 Å². The predicted molar refractivity (Wildman–Crippen MR) is 88.9 cm³/mol. The molecule has 1 saturated carbocycles. The second-order valence-electron chi connectivity index (χ2n) is 6.12. The Morgan fingerprint density at radius 1 is 1.35 bits per heavy atom. The van der Waals surface area contributed by atoms with Crippen LogP contribution in [0.1, 0.15) is 32.6 Å². The van der Waals surface area contributed by atoms with Crippen molar-refractivity contribution in [2.45, 2.75) is 32.6 Å². The number of aromatic nitrogens is 1. The van der Waals surface area contributed by atoms with Gasteiger partial charge < -0.3 is 11.1 Å². The Bertz CT molecular complexity index is 633. The summed E-state index contributed by atoms with van der Waals surface area (Å²) in [6.07, 6.45) is 7.15. The smallest absolute Gasteiger partial charge is 0.0954 e. The molecule has 3 N–H and O–H groups in total. The first-order valence-corrected chi connectivity index (χ1v) is 7.94. The predicted octanol–water partition coefficient (Wildman–Crippen LogP) is 4.57. The van der Waals surface area contributed by atoms with Crippen LogP contribution in [0.2, 0.25) is 0 Å². The lowest BCUT2D eigenvalue weighted by Crippen LogP contribution is -2.23. The molecule has 1 aliphatic rings. The molecular weight excluding hydrogens is 314 g/mol. The van der Waals surface area contributed by atoms with Crippen LogP contribution in [0.3, 0.4) is 0 Å². The van der Waals surface area contributed by atoms with E-state index in [1.54, 1.807) is 0 Å². The van der Waals surface area contributed by atoms with E-state index in [1.807, 2.05) is 24.4 Å². The summed E-state index contributed by atoms with van der Waals surface area (Å²) in [7, 11) is 0. The van der Waals surface area contributed by atoms with Gasteiger partial charge in [0.25, 0.3) is 0 Å². The van der Waals surface area contributed by atoms with Crippen molar-refractivity contribution < 1.29 is 0 Å². The topological polar surface area (TPSA) is 50.9 Å². The van der Waals surface area contributed by atoms with Crippen molar-refractivity contribution in [1.82, 2.24) is 4.98 Å². The Hall–Kier alpha value is -1.29. The summed E-state index contributed by atoms with van der Waals surface area (Å²) in [6, 6.07) is 6.02. The number of pyridine rings is 1. The maximum absolute atomic E-state index is 6.05. The van der Waals surface area contributed by atoms with Crippen molar-refractivity contribution in [2.24, 2.45) is 5.41 Å². The van der Waals surface area contributed by atoms with Crippen molar-refractivity contribution in [2.75, 3.05) is 17.6 Å². The Morgan fingerprint density at radius 3 is 2.85 bits per heavy atom. The van der Waals surface area contributed by atoms with Crippen LogP contribution in [0, 0.1) is 5.41 Å². The van der Waals surface area contributed by atoms with Crippen molar-refractivity contribution in [1.29, 1.82) is 0 Å². The Labute approximate surface area is 128 Å². The molecule has 0 amide bonds. The van der Waals surface area contributed by atoms with E-state index in [9.17, 15) is 0 Å². The third-order valence-electron chi connectivity index (χ3n) is 4.37. The number of benzene rings is 1. The zero-order valence-electron chi connectivity index (χ0n) is 11.7. The van der Waals surface area contributed by atoms with Crippen molar-refractivity contribution in [3.8, 4) is 0 Å². The third kappa shape index (κ3) is 2.62. The van der Waals surface area contributed by atoms with Crippen LogP contribution >= 0.6 is 15.9 Å². The van der Waals surface area contributed by atoms with Gasteiger partial charge in [-0.15, -0.1) is 0 Å². The van der Waals surface area contributed by atoms with E-state index in [0.717, 1.165) is 33.3 Å². The highest BCUT2D eigenvalue weighted by molar-refractivity contribution is 9.10. The highest BCUT2D eigenvalue weighted by atomic mass is 79.9. The fraction of sp³-hybridized carbons (Fsp3) is 0.438. The summed E-state index contributed by atoms with van der Waals surface area (Å²) in [5.74, 6) is 0. The maximum Gasteiger partial charge on any atom is 0.0954 e. The Kier molecular flexibility index (Phi) is 3.59. The molecule has 106 valence electrons. The second-order valence-corrected chi connectivity index (χ2v) is 7.04. The van der Waals surface area contributed by atoms with E-state index in [2.05, 4.69) is 33.2 Å². The minimum atomic E-state index is 0.420. The molecule has 0 saturated heterocycles. The number of hydrogen-bond acceptors (Lipinski definition) is 3. The van der Waals surface area contributed by atoms with E-state index in [-0.39, 0.29) is 0 Å². The van der Waals surface area contributed by atoms with Crippen LogP contribution in [0.25, 0.3) is 10.9 Å². The summed E-state index contributed by atoms with van der Waals surface area (Å²) in [6.45, 7) is 3.38. The zero-order valence-corrected chi connectivity index (χ0v) is 13.3. The highest BCUT2D eigenvalue weighted by Crippen LogP contribution is 2.38. The van der Waals surface area contributed by atoms with Gasteiger partial charge in [0.05, 0.1) is 11.2 Å². The number of nitrogens with one attached hydrogen (secondary N) is 1. The van der Waals surface area contributed by atoms with Gasteiger partial charge in [-0.3, -0.25) is 4.98 Å². The molecule has 1 heterocycles. The first-order valence-electron chi connectivity index (χ1n) is 7.15. The quantitative estimate of drug-likeness (QED) is 0.809. The number of anilines is 2. The number of hydrogen-bond donors (Lipinski definition) is 2. The van der Waals surface area contributed by atoms with Crippen LogP contribution in [-0.2, 0) is 0 Å². The minimum Gasteiger partial charge on any atom is -0.398 e. The SMILES string of the molecule is CC1(CNc2ccc(N)c3cc(Br)cnc23)CCCC1. The van der Waals surface area contributed by atoms with Crippen LogP contribution in [-0.4, -0.2) is 11.5 Å². The van der Waals surface area contributed by atoms with Gasteiger partial charge in [-0.1, -0.05) is 19.8 Å². The Balaban J connectivity index is 1.90. The molecule has 0 radical (unpaired) electrons. The van der Waals surface area contributed by atoms with Gasteiger partial charge in [-0.25, -0.2) is 0 Å². The molecular formula is C16H20BrN3. The van der Waals surface area contributed by atoms with Crippen LogP contribution < -0.4 is 11.1 Å². The van der Waals surface area contributed by atoms with Gasteiger partial charge in [0.1, 0.15) is 0 Å². The monoisotopic (exact) mass is 333 g/mol. The molecule has 1 aromatic carbocycles. The maximum atomic E-state index is 6.05. The first-order chi connectivity index (χ1) is 9.57. The lowest BCUT2D eigenvalue weighted by molar-refractivity contribution is 0.362. The van der Waals surface area contributed by atoms with Crippen LogP contribution in [0.4, 0.5) is 11.4 Å². The van der Waals surface area contributed by atoms with Crippen LogP contribution in [0.5, 0.6) is 0 Å². The van der Waals surface area contributed by atoms with E-state index in [0.29, 0.717) is 5.41 Å². The molecule has 1 aromatic heterocycles. The molecule has 4 heteroatoms. The fourth-order valence-electron chi connectivity index (χ4n) is 3.07. The molecule has 3 nitrogen and oxygen atoms in total. The normalized spacial score (nSPS) is 17.5. The highest BCUT2D eigenvalue weighted by Gasteiger charge is 2.28. The number of rotatable bonds is 3. The van der Waals surface area contributed by atoms with Gasteiger partial charge in [0.15, 0.2) is 0 Å². The number of nitrogens with zero attached hydrogens (tertiary/aromatic N) is 1. The van der Waals surface area contributed by atoms with Gasteiger partial charge in [0, 0.05) is 28.3 Å². The van der Waals surface area contributed by atoms with Gasteiger partial charge in [-0.05, 0) is 52.4 Å². The molecule has 0 bridgehead atoms. The Morgan fingerprint density at radius 2 is 2.10 bits per heavy atom. The first kappa shape index (κ1) is 13.7. The molecule has 3 rings (SSSR count). The molecule has 0 aliphatic heterocycles. The molecule has 1 aliphatic carbocycles. The van der Waals surface area contributed by atoms with Crippen molar-refractivity contribution in [3.63, 3.8) is 0 Å². The number of fused-ring (bicyclic) bond motifs is 1. The number of nitrogen functional groups attached to an aromatic ring is 1. The molecule has 0 atom stereocenters. The lowest BCUT2D eigenvalue weighted by Gasteiger charge is -2.24. The van der Waals surface area contributed by atoms with E-state index in [4.69, 9.17) is 5.73 Å². The van der Waals surface area contributed by atoms with Gasteiger partial charge in [-0.2, -0.15) is 0 Å². The largest absolute Gasteiger partial charge is 0.398 e. The summed E-state index contributed by atoms with van der Waals surface area (Å²) < 4.78 is 0.955. The van der Waals surface area contributed by atoms with E-state index >= 15 is 0 Å². The molecule has 0 spiro atoms. The number of nitrogens with two attached hydrogens (primary N) is 1. The average molecular weight is 334 g/mol. The van der Waals surface area contributed by atoms with Gasteiger partial charge >= 0.3 is 0 Å². The summed E-state index contributed by atoms with van der Waals surface area (Å²) in [5, 5.41) is 4.58. The minimum absolute atomic E-state index is 0.420. The number of halogens is 1. The van der Waals surface area contributed by atoms with E-state index < -0.39 is 0 Å². The van der Waals surface area contributed by atoms with E-state index in [1.165, 1.54) is 25.7 Å². The van der Waals surface area contributed by atoms with Crippen LogP contribution in [0.15, 0.2) is 28.9 Å². The standard InChI is InChI=1S/C16H20BrN3/c1-16(6-2-3-7-16)10-20-14-5-4-13(18)12-8-11(17)9-19-15(12)14/h4-5,8-9,20H,2-3,6-7,10,18H2,1H3. The zero-order chi connectivity index (χ0) is 14.2. The average Bonchev–Trinajstić information content (AvgIpc) is 2.86. The summed E-state index contributed by atoms with van der Waals surface area (Å²) in [4.78, 5) is 4.52. The second kappa shape index (κ2) is 5.24. The molecule has 2 aromatic rings. The molecule has 1 fully saturated rings. The lowest BCUT2D eigenvalue weighted by atomic mass is 9.89. The third-order valence-corrected chi connectivity index (χ3v) is 4.80. The van der Waals surface area contributed by atoms with Gasteiger partial charge in [0.2, 0.25) is 0 Å². The van der Waals surface area contributed by atoms with Crippen molar-refractivity contribution >= 4 is 38.2 Å². The summed E-state index contributed by atoms with van der Waals surface area (Å²) >= 11 is 3.45. The fourth-order valence-corrected chi connectivity index (χ4v) is 3.40. The molecule has 0 unspecified atom stereocenters. The summed E-state index contributed by atoms with van der Waals surface area (Å²) in [5.41, 5.74) is 9.27. The molecule has 20 heavy (non-hydrogen) atoms.